The highest BCUT2D eigenvalue weighted by Crippen LogP contribution is 2.41. The predicted octanol–water partition coefficient (Wildman–Crippen LogP) is 5.33. The molecule has 0 atom stereocenters. The standard InChI is InChI=1S/C24H24N6O8S/c1-12-7-16(25)22(37-3)10-18(12)28-30-21-9-19(26-13(2)31)20(11-23(21)38-4)29-27-17-6-5-14(39(34,35)36)8-15(17)24(32)33/h5-11H,25H2,1-4H3,(H,26,31)(H,32,33)(H,34,35,36). The molecule has 0 fully saturated rings. The normalized spacial score (nSPS) is 11.6. The topological polar surface area (TPSA) is 215 Å². The molecule has 0 saturated heterocycles. The quantitative estimate of drug-likeness (QED) is 0.152. The second-order valence-corrected chi connectivity index (χ2v) is 9.38. The summed E-state index contributed by atoms with van der Waals surface area (Å²) in [5.74, 6) is -1.33. The molecule has 0 bridgehead atoms. The molecule has 0 aliphatic carbocycles. The first kappa shape index (κ1) is 28.7. The second-order valence-electron chi connectivity index (χ2n) is 7.96. The number of benzene rings is 3. The van der Waals surface area contributed by atoms with E-state index in [4.69, 9.17) is 15.2 Å². The maximum Gasteiger partial charge on any atom is 0.338 e. The van der Waals surface area contributed by atoms with E-state index in [1.807, 2.05) is 0 Å². The molecule has 3 rings (SSSR count). The van der Waals surface area contributed by atoms with Gasteiger partial charge in [0, 0.05) is 19.1 Å². The number of aryl methyl sites for hydroxylation is 1. The van der Waals surface area contributed by atoms with Crippen LogP contribution in [0.5, 0.6) is 11.5 Å². The Labute approximate surface area is 222 Å². The molecule has 0 aromatic heterocycles. The van der Waals surface area contributed by atoms with Gasteiger partial charge in [0.25, 0.3) is 10.1 Å². The summed E-state index contributed by atoms with van der Waals surface area (Å²) in [6.07, 6.45) is 0. The number of nitrogens with one attached hydrogen (secondary N) is 1. The molecule has 15 heteroatoms. The van der Waals surface area contributed by atoms with E-state index in [-0.39, 0.29) is 28.5 Å². The summed E-state index contributed by atoms with van der Waals surface area (Å²) in [6, 6.07) is 8.92. The number of rotatable bonds is 9. The number of azo groups is 2. The number of nitrogens with two attached hydrogens (primary N) is 1. The molecule has 5 N–H and O–H groups in total. The third-order valence-electron chi connectivity index (χ3n) is 5.18. The summed E-state index contributed by atoms with van der Waals surface area (Å²) in [7, 11) is -1.79. The Morgan fingerprint density at radius 1 is 0.872 bits per heavy atom. The highest BCUT2D eigenvalue weighted by atomic mass is 32.2. The van der Waals surface area contributed by atoms with E-state index >= 15 is 0 Å². The van der Waals surface area contributed by atoms with E-state index in [1.165, 1.54) is 33.3 Å². The van der Waals surface area contributed by atoms with Gasteiger partial charge in [-0.05, 0) is 42.8 Å². The average Bonchev–Trinajstić information content (AvgIpc) is 2.86. The molecule has 204 valence electrons. The van der Waals surface area contributed by atoms with Gasteiger partial charge in [-0.1, -0.05) is 0 Å². The predicted molar refractivity (Wildman–Crippen MR) is 141 cm³/mol. The van der Waals surface area contributed by atoms with Crippen molar-refractivity contribution in [3.8, 4) is 11.5 Å². The fourth-order valence-corrected chi connectivity index (χ4v) is 3.81. The number of nitrogens with zero attached hydrogens (tertiary/aromatic N) is 4. The molecule has 0 heterocycles. The van der Waals surface area contributed by atoms with E-state index < -0.39 is 32.5 Å². The van der Waals surface area contributed by atoms with Crippen LogP contribution in [-0.2, 0) is 14.9 Å². The van der Waals surface area contributed by atoms with Crippen LogP contribution in [0.1, 0.15) is 22.8 Å². The monoisotopic (exact) mass is 556 g/mol. The number of nitrogen functional groups attached to an aromatic ring is 1. The maximum atomic E-state index is 11.9. The van der Waals surface area contributed by atoms with Crippen molar-refractivity contribution < 1.29 is 37.1 Å². The summed E-state index contributed by atoms with van der Waals surface area (Å²) in [5, 5.41) is 28.5. The van der Waals surface area contributed by atoms with Gasteiger partial charge < -0.3 is 25.6 Å². The number of carbonyl (C=O) groups excluding carboxylic acids is 1. The van der Waals surface area contributed by atoms with E-state index in [2.05, 4.69) is 25.8 Å². The molecule has 0 radical (unpaired) electrons. The molecule has 0 aliphatic heterocycles. The number of hydrogen-bond donors (Lipinski definition) is 4. The van der Waals surface area contributed by atoms with Gasteiger partial charge in [-0.3, -0.25) is 9.35 Å². The molecule has 0 aliphatic rings. The Morgan fingerprint density at radius 2 is 1.46 bits per heavy atom. The Balaban J connectivity index is 2.08. The van der Waals surface area contributed by atoms with Gasteiger partial charge in [0.1, 0.15) is 28.6 Å². The average molecular weight is 557 g/mol. The molecule has 0 spiro atoms. The van der Waals surface area contributed by atoms with Crippen LogP contribution in [0.2, 0.25) is 0 Å². The minimum atomic E-state index is -4.64. The SMILES string of the molecule is COc1cc(N=Nc2cc(NC(C)=O)c(N=Nc3ccc(S(=O)(=O)O)cc3C(=O)O)cc2OC)c(C)cc1N. The first-order valence-corrected chi connectivity index (χ1v) is 12.4. The number of amides is 1. The molecule has 1 amide bonds. The number of carboxylic acids is 1. The van der Waals surface area contributed by atoms with Gasteiger partial charge in [-0.2, -0.15) is 13.5 Å². The molecule has 0 unspecified atom stereocenters. The Bertz CT molecular complexity index is 1620. The first-order chi connectivity index (χ1) is 18.3. The van der Waals surface area contributed by atoms with Crippen LogP contribution >= 0.6 is 0 Å². The van der Waals surface area contributed by atoms with Crippen LogP contribution in [0.3, 0.4) is 0 Å². The maximum absolute atomic E-state index is 11.9. The van der Waals surface area contributed by atoms with E-state index in [9.17, 15) is 27.7 Å². The van der Waals surface area contributed by atoms with Crippen molar-refractivity contribution in [2.45, 2.75) is 18.7 Å². The molecule has 39 heavy (non-hydrogen) atoms. The first-order valence-electron chi connectivity index (χ1n) is 11.0. The van der Waals surface area contributed by atoms with Crippen LogP contribution < -0.4 is 20.5 Å². The molecule has 14 nitrogen and oxygen atoms in total. The fourth-order valence-electron chi connectivity index (χ4n) is 3.31. The molecular weight excluding hydrogens is 532 g/mol. The lowest BCUT2D eigenvalue weighted by Crippen LogP contribution is -2.06. The minimum absolute atomic E-state index is 0.0709. The minimum Gasteiger partial charge on any atom is -0.495 e. The lowest BCUT2D eigenvalue weighted by Gasteiger charge is -2.11. The van der Waals surface area contributed by atoms with Crippen molar-refractivity contribution in [3.05, 3.63) is 53.6 Å². The summed E-state index contributed by atoms with van der Waals surface area (Å²) in [5.41, 5.74) is 7.27. The summed E-state index contributed by atoms with van der Waals surface area (Å²) < 4.78 is 42.6. The number of carboxylic acid groups (broad SMARTS) is 1. The third-order valence-corrected chi connectivity index (χ3v) is 6.03. The van der Waals surface area contributed by atoms with E-state index in [0.717, 1.165) is 23.8 Å². The Morgan fingerprint density at radius 3 is 2.05 bits per heavy atom. The zero-order valence-electron chi connectivity index (χ0n) is 21.2. The summed E-state index contributed by atoms with van der Waals surface area (Å²) in [6.45, 7) is 3.06. The summed E-state index contributed by atoms with van der Waals surface area (Å²) in [4.78, 5) is 22.9. The van der Waals surface area contributed by atoms with Gasteiger partial charge in [0.15, 0.2) is 0 Å². The molecular formula is C24H24N6O8S. The van der Waals surface area contributed by atoms with Crippen molar-refractivity contribution >= 4 is 56.1 Å². The highest BCUT2D eigenvalue weighted by molar-refractivity contribution is 7.85. The van der Waals surface area contributed by atoms with Gasteiger partial charge >= 0.3 is 5.97 Å². The van der Waals surface area contributed by atoms with Crippen LogP contribution in [0.4, 0.5) is 34.1 Å². The van der Waals surface area contributed by atoms with Crippen LogP contribution in [0, 0.1) is 6.92 Å². The number of ether oxygens (including phenoxy) is 2. The van der Waals surface area contributed by atoms with Gasteiger partial charge in [0.05, 0.1) is 41.7 Å². The van der Waals surface area contributed by atoms with Gasteiger partial charge in [0.2, 0.25) is 5.91 Å². The molecule has 0 saturated carbocycles. The van der Waals surface area contributed by atoms with Crippen LogP contribution in [0.25, 0.3) is 0 Å². The van der Waals surface area contributed by atoms with E-state index in [1.54, 1.807) is 19.1 Å². The highest BCUT2D eigenvalue weighted by Gasteiger charge is 2.18. The number of carbonyl (C=O) groups is 2. The number of hydrogen-bond acceptors (Lipinski definition) is 11. The second kappa shape index (κ2) is 11.7. The fraction of sp³-hybridized carbons (Fsp3) is 0.167. The van der Waals surface area contributed by atoms with Crippen molar-refractivity contribution in [1.82, 2.24) is 0 Å². The molecule has 3 aromatic rings. The number of methoxy groups -OCH3 is 2. The summed E-state index contributed by atoms with van der Waals surface area (Å²) >= 11 is 0. The zero-order chi connectivity index (χ0) is 28.9. The smallest absolute Gasteiger partial charge is 0.338 e. The number of anilines is 2. The van der Waals surface area contributed by atoms with Crippen molar-refractivity contribution in [1.29, 1.82) is 0 Å². The van der Waals surface area contributed by atoms with Crippen LogP contribution in [0.15, 0.2) is 67.8 Å². The third kappa shape index (κ3) is 6.91. The zero-order valence-corrected chi connectivity index (χ0v) is 22.0. The largest absolute Gasteiger partial charge is 0.495 e. The Kier molecular flexibility index (Phi) is 8.57. The lowest BCUT2D eigenvalue weighted by molar-refractivity contribution is -0.114. The van der Waals surface area contributed by atoms with E-state index in [0.29, 0.717) is 17.1 Å². The van der Waals surface area contributed by atoms with Crippen molar-refractivity contribution in [2.24, 2.45) is 20.5 Å². The molecule has 3 aromatic carbocycles. The van der Waals surface area contributed by atoms with Gasteiger partial charge in [-0.25, -0.2) is 4.79 Å². The van der Waals surface area contributed by atoms with Gasteiger partial charge in [-0.15, -0.1) is 15.3 Å². The number of aromatic carboxylic acids is 1. The lowest BCUT2D eigenvalue weighted by atomic mass is 10.1. The Hall–Kier alpha value is -4.89. The van der Waals surface area contributed by atoms with Crippen molar-refractivity contribution in [3.63, 3.8) is 0 Å². The van der Waals surface area contributed by atoms with Crippen molar-refractivity contribution in [2.75, 3.05) is 25.3 Å². The van der Waals surface area contributed by atoms with Crippen LogP contribution in [-0.4, -0.2) is 44.2 Å².